The fourth-order valence-electron chi connectivity index (χ4n) is 2.58. The smallest absolute Gasteiger partial charge is 0.225 e. The number of hydrogen-bond acceptors (Lipinski definition) is 3. The van der Waals surface area contributed by atoms with Crippen molar-refractivity contribution in [3.63, 3.8) is 0 Å². The van der Waals surface area contributed by atoms with Crippen LogP contribution in [0.25, 0.3) is 0 Å². The molecule has 0 radical (unpaired) electrons. The van der Waals surface area contributed by atoms with Crippen LogP contribution in [0.3, 0.4) is 0 Å². The van der Waals surface area contributed by atoms with Gasteiger partial charge < -0.3 is 15.4 Å². The Morgan fingerprint density at radius 3 is 2.45 bits per heavy atom. The van der Waals surface area contributed by atoms with Crippen molar-refractivity contribution in [2.75, 3.05) is 19.7 Å². The lowest BCUT2D eigenvalue weighted by Crippen LogP contribution is -2.43. The van der Waals surface area contributed by atoms with Crippen LogP contribution >= 0.6 is 0 Å². The summed E-state index contributed by atoms with van der Waals surface area (Å²) >= 11 is 0. The molecule has 0 bridgehead atoms. The summed E-state index contributed by atoms with van der Waals surface area (Å²) in [6, 6.07) is 6.36. The van der Waals surface area contributed by atoms with Crippen molar-refractivity contribution in [1.29, 1.82) is 0 Å². The zero-order valence-electron chi connectivity index (χ0n) is 12.4. The molecule has 0 saturated carbocycles. The molecule has 110 valence electrons. The lowest BCUT2D eigenvalue weighted by atomic mass is 10.1. The van der Waals surface area contributed by atoms with Crippen LogP contribution in [0.15, 0.2) is 18.2 Å². The highest BCUT2D eigenvalue weighted by atomic mass is 16.5. The van der Waals surface area contributed by atoms with Gasteiger partial charge >= 0.3 is 0 Å². The first kappa shape index (κ1) is 14.9. The van der Waals surface area contributed by atoms with Gasteiger partial charge in [-0.3, -0.25) is 4.79 Å². The molecule has 4 nitrogen and oxygen atoms in total. The van der Waals surface area contributed by atoms with Crippen molar-refractivity contribution >= 4 is 5.91 Å². The Bertz CT molecular complexity index is 445. The number of amides is 1. The maximum absolute atomic E-state index is 12.0. The summed E-state index contributed by atoms with van der Waals surface area (Å²) in [5.41, 5.74) is 8.19. The molecule has 0 unspecified atom stereocenters. The van der Waals surface area contributed by atoms with Gasteiger partial charge in [-0.15, -0.1) is 0 Å². The van der Waals surface area contributed by atoms with Crippen LogP contribution in [0.1, 0.15) is 30.4 Å². The Labute approximate surface area is 120 Å². The van der Waals surface area contributed by atoms with E-state index in [-0.39, 0.29) is 11.9 Å². The molecule has 1 fully saturated rings. The van der Waals surface area contributed by atoms with Crippen LogP contribution in [-0.4, -0.2) is 36.5 Å². The highest BCUT2D eigenvalue weighted by molar-refractivity contribution is 5.76. The number of nitrogens with zero attached hydrogens (tertiary/aromatic N) is 1. The Morgan fingerprint density at radius 1 is 1.25 bits per heavy atom. The molecule has 0 aliphatic carbocycles. The van der Waals surface area contributed by atoms with E-state index >= 15 is 0 Å². The van der Waals surface area contributed by atoms with Gasteiger partial charge in [-0.2, -0.15) is 0 Å². The highest BCUT2D eigenvalue weighted by Gasteiger charge is 2.20. The van der Waals surface area contributed by atoms with E-state index in [1.165, 1.54) is 11.1 Å². The summed E-state index contributed by atoms with van der Waals surface area (Å²) < 4.78 is 5.68. The minimum absolute atomic E-state index is 0.168. The van der Waals surface area contributed by atoms with Gasteiger partial charge in [-0.1, -0.05) is 6.07 Å². The number of hydrogen-bond donors (Lipinski definition) is 1. The lowest BCUT2D eigenvalue weighted by Gasteiger charge is -2.30. The quantitative estimate of drug-likeness (QED) is 0.915. The monoisotopic (exact) mass is 276 g/mol. The number of ether oxygens (including phenoxy) is 1. The SMILES string of the molecule is Cc1cc(C)cc(OCCC(=O)N2CCC(N)CC2)c1. The number of aryl methyl sites for hydroxylation is 2. The number of nitrogens with two attached hydrogens (primary N) is 1. The molecule has 20 heavy (non-hydrogen) atoms. The standard InChI is InChI=1S/C16H24N2O2/c1-12-9-13(2)11-15(10-12)20-8-5-16(19)18-6-3-14(17)4-7-18/h9-11,14H,3-8,17H2,1-2H3. The Kier molecular flexibility index (Phi) is 5.01. The second-order valence-corrected chi connectivity index (χ2v) is 5.64. The average Bonchev–Trinajstić information content (AvgIpc) is 2.38. The molecule has 2 N–H and O–H groups in total. The maximum Gasteiger partial charge on any atom is 0.225 e. The third-order valence-corrected chi connectivity index (χ3v) is 3.67. The number of likely N-dealkylation sites (tertiary alicyclic amines) is 1. The maximum atomic E-state index is 12.0. The van der Waals surface area contributed by atoms with Crippen molar-refractivity contribution in [1.82, 2.24) is 4.90 Å². The van der Waals surface area contributed by atoms with Crippen molar-refractivity contribution in [3.8, 4) is 5.75 Å². The van der Waals surface area contributed by atoms with Gasteiger partial charge in [-0.05, 0) is 49.9 Å². The first-order valence-corrected chi connectivity index (χ1v) is 7.29. The van der Waals surface area contributed by atoms with E-state index in [4.69, 9.17) is 10.5 Å². The molecular formula is C16H24N2O2. The van der Waals surface area contributed by atoms with Crippen molar-refractivity contribution in [3.05, 3.63) is 29.3 Å². The average molecular weight is 276 g/mol. The molecule has 0 atom stereocenters. The predicted octanol–water partition coefficient (Wildman–Crippen LogP) is 2.02. The largest absolute Gasteiger partial charge is 0.493 e. The third kappa shape index (κ3) is 4.23. The highest BCUT2D eigenvalue weighted by Crippen LogP contribution is 2.16. The first-order valence-electron chi connectivity index (χ1n) is 7.29. The van der Waals surface area contributed by atoms with Crippen molar-refractivity contribution < 1.29 is 9.53 Å². The molecule has 1 heterocycles. The van der Waals surface area contributed by atoms with Crippen LogP contribution in [0.4, 0.5) is 0 Å². The number of carbonyl (C=O) groups excluding carboxylic acids is 1. The molecule has 2 rings (SSSR count). The first-order chi connectivity index (χ1) is 9.54. The lowest BCUT2D eigenvalue weighted by molar-refractivity contribution is -0.132. The molecule has 1 aromatic carbocycles. The fourth-order valence-corrected chi connectivity index (χ4v) is 2.58. The topological polar surface area (TPSA) is 55.6 Å². The molecule has 1 aromatic rings. The summed E-state index contributed by atoms with van der Waals surface area (Å²) in [6.45, 7) is 6.08. The summed E-state index contributed by atoms with van der Waals surface area (Å²) in [7, 11) is 0. The molecule has 1 saturated heterocycles. The van der Waals surface area contributed by atoms with Crippen LogP contribution in [0, 0.1) is 13.8 Å². The number of piperidine rings is 1. The molecule has 0 aromatic heterocycles. The Balaban J connectivity index is 1.76. The second-order valence-electron chi connectivity index (χ2n) is 5.64. The van der Waals surface area contributed by atoms with Crippen LogP contribution in [0.5, 0.6) is 5.75 Å². The van der Waals surface area contributed by atoms with Crippen molar-refractivity contribution in [2.24, 2.45) is 5.73 Å². The normalized spacial score (nSPS) is 16.2. The molecule has 1 amide bonds. The summed E-state index contributed by atoms with van der Waals surface area (Å²) in [4.78, 5) is 13.9. The fraction of sp³-hybridized carbons (Fsp3) is 0.562. The van der Waals surface area contributed by atoms with E-state index in [9.17, 15) is 4.79 Å². The van der Waals surface area contributed by atoms with Gasteiger partial charge in [0.1, 0.15) is 5.75 Å². The van der Waals surface area contributed by atoms with Gasteiger partial charge in [0.2, 0.25) is 5.91 Å². The van der Waals surface area contributed by atoms with E-state index in [1.54, 1.807) is 0 Å². The zero-order chi connectivity index (χ0) is 14.5. The minimum atomic E-state index is 0.168. The summed E-state index contributed by atoms with van der Waals surface area (Å²) in [5.74, 6) is 1.01. The van der Waals surface area contributed by atoms with Crippen LogP contribution in [-0.2, 0) is 4.79 Å². The molecule has 1 aliphatic heterocycles. The predicted molar refractivity (Wildman–Crippen MR) is 79.8 cm³/mol. The van der Waals surface area contributed by atoms with Gasteiger partial charge in [0.15, 0.2) is 0 Å². The number of benzene rings is 1. The molecule has 4 heteroatoms. The van der Waals surface area contributed by atoms with Crippen LogP contribution < -0.4 is 10.5 Å². The Morgan fingerprint density at radius 2 is 1.85 bits per heavy atom. The van der Waals surface area contributed by atoms with Crippen LogP contribution in [0.2, 0.25) is 0 Å². The molecule has 1 aliphatic rings. The zero-order valence-corrected chi connectivity index (χ0v) is 12.4. The van der Waals surface area contributed by atoms with E-state index < -0.39 is 0 Å². The molecular weight excluding hydrogens is 252 g/mol. The van der Waals surface area contributed by atoms with E-state index in [1.807, 2.05) is 30.9 Å². The van der Waals surface area contributed by atoms with E-state index in [0.29, 0.717) is 13.0 Å². The summed E-state index contributed by atoms with van der Waals surface area (Å²) in [5, 5.41) is 0. The number of rotatable bonds is 4. The molecule has 0 spiro atoms. The number of carbonyl (C=O) groups is 1. The minimum Gasteiger partial charge on any atom is -0.493 e. The Hall–Kier alpha value is -1.55. The van der Waals surface area contributed by atoms with Gasteiger partial charge in [0.05, 0.1) is 13.0 Å². The van der Waals surface area contributed by atoms with Crippen molar-refractivity contribution in [2.45, 2.75) is 39.2 Å². The van der Waals surface area contributed by atoms with E-state index in [0.717, 1.165) is 31.7 Å². The van der Waals surface area contributed by atoms with E-state index in [2.05, 4.69) is 6.07 Å². The summed E-state index contributed by atoms with van der Waals surface area (Å²) in [6.07, 6.45) is 2.25. The van der Waals surface area contributed by atoms with Gasteiger partial charge in [0, 0.05) is 19.1 Å². The second kappa shape index (κ2) is 6.75. The van der Waals surface area contributed by atoms with Gasteiger partial charge in [-0.25, -0.2) is 0 Å². The van der Waals surface area contributed by atoms with Gasteiger partial charge in [0.25, 0.3) is 0 Å². The third-order valence-electron chi connectivity index (χ3n) is 3.67.